The third-order valence-corrected chi connectivity index (χ3v) is 3.00. The Morgan fingerprint density at radius 2 is 2.11 bits per heavy atom. The molecule has 19 heavy (non-hydrogen) atoms. The number of ether oxygens (including phenoxy) is 1. The summed E-state index contributed by atoms with van der Waals surface area (Å²) in [7, 11) is 0. The molecular weight excluding hydrogens is 260 g/mol. The first kappa shape index (κ1) is 13.8. The van der Waals surface area contributed by atoms with Crippen LogP contribution in [-0.4, -0.2) is 11.5 Å². The molecule has 0 aliphatic heterocycles. The second-order valence-electron chi connectivity index (χ2n) is 4.45. The molecular formula is C15H17ClN2O. The second kappa shape index (κ2) is 6.55. The maximum absolute atomic E-state index is 5.98. The van der Waals surface area contributed by atoms with Crippen LogP contribution in [0.1, 0.15) is 16.7 Å². The van der Waals surface area contributed by atoms with Crippen LogP contribution in [-0.2, 0) is 13.0 Å². The molecule has 2 N–H and O–H groups in total. The van der Waals surface area contributed by atoms with Crippen molar-refractivity contribution >= 4 is 11.6 Å². The molecule has 100 valence electrons. The quantitative estimate of drug-likeness (QED) is 0.913. The Morgan fingerprint density at radius 3 is 2.84 bits per heavy atom. The maximum atomic E-state index is 5.98. The molecule has 2 aromatic rings. The van der Waals surface area contributed by atoms with E-state index in [9.17, 15) is 0 Å². The summed E-state index contributed by atoms with van der Waals surface area (Å²) in [5.41, 5.74) is 8.81. The fraction of sp³-hybridized carbons (Fsp3) is 0.267. The lowest BCUT2D eigenvalue weighted by atomic mass is 10.1. The minimum absolute atomic E-state index is 0.494. The highest BCUT2D eigenvalue weighted by molar-refractivity contribution is 6.30. The van der Waals surface area contributed by atoms with E-state index in [0.717, 1.165) is 28.9 Å². The zero-order valence-electron chi connectivity index (χ0n) is 10.9. The summed E-state index contributed by atoms with van der Waals surface area (Å²) in [5, 5.41) is 0.702. The van der Waals surface area contributed by atoms with E-state index in [0.29, 0.717) is 18.2 Å². The van der Waals surface area contributed by atoms with E-state index in [-0.39, 0.29) is 0 Å². The van der Waals surface area contributed by atoms with Gasteiger partial charge in [0.15, 0.2) is 0 Å². The lowest BCUT2D eigenvalue weighted by Crippen LogP contribution is -2.05. The van der Waals surface area contributed by atoms with Gasteiger partial charge >= 0.3 is 0 Å². The van der Waals surface area contributed by atoms with E-state index in [2.05, 4.69) is 11.1 Å². The van der Waals surface area contributed by atoms with Crippen LogP contribution in [0.5, 0.6) is 5.75 Å². The highest BCUT2D eigenvalue weighted by Gasteiger charge is 2.05. The summed E-state index contributed by atoms with van der Waals surface area (Å²) in [6.07, 6.45) is 4.39. The van der Waals surface area contributed by atoms with Gasteiger partial charge in [0.05, 0.1) is 0 Å². The average Bonchev–Trinajstić information content (AvgIpc) is 2.38. The molecule has 0 amide bonds. The first-order valence-electron chi connectivity index (χ1n) is 6.21. The lowest BCUT2D eigenvalue weighted by molar-refractivity contribution is 0.302. The van der Waals surface area contributed by atoms with Crippen LogP contribution in [0, 0.1) is 6.92 Å². The van der Waals surface area contributed by atoms with E-state index >= 15 is 0 Å². The molecule has 0 atom stereocenters. The highest BCUT2D eigenvalue weighted by Crippen LogP contribution is 2.24. The molecule has 0 radical (unpaired) electrons. The van der Waals surface area contributed by atoms with Gasteiger partial charge in [0.25, 0.3) is 0 Å². The molecule has 0 saturated heterocycles. The van der Waals surface area contributed by atoms with Gasteiger partial charge in [0.2, 0.25) is 0 Å². The van der Waals surface area contributed by atoms with Gasteiger partial charge in [0.1, 0.15) is 12.4 Å². The summed E-state index contributed by atoms with van der Waals surface area (Å²) in [6.45, 7) is 3.08. The smallest absolute Gasteiger partial charge is 0.123 e. The van der Waals surface area contributed by atoms with Gasteiger partial charge in [0, 0.05) is 23.0 Å². The number of halogens is 1. The zero-order chi connectivity index (χ0) is 13.7. The van der Waals surface area contributed by atoms with Crippen molar-refractivity contribution in [2.75, 3.05) is 6.54 Å². The number of hydrogen-bond donors (Lipinski definition) is 1. The van der Waals surface area contributed by atoms with E-state index in [1.165, 1.54) is 0 Å². The fourth-order valence-electron chi connectivity index (χ4n) is 1.90. The number of aryl methyl sites for hydroxylation is 1. The van der Waals surface area contributed by atoms with Gasteiger partial charge in [-0.15, -0.1) is 0 Å². The standard InChI is InChI=1S/C15H17ClN2O/c1-11-6-12(9-18-8-11)10-19-15-3-2-14(16)7-13(15)4-5-17/h2-3,6-9H,4-5,10,17H2,1H3. The van der Waals surface area contributed by atoms with Gasteiger partial charge in [-0.25, -0.2) is 0 Å². The number of rotatable bonds is 5. The van der Waals surface area contributed by atoms with Crippen LogP contribution < -0.4 is 10.5 Å². The summed E-state index contributed by atoms with van der Waals surface area (Å²) >= 11 is 5.98. The first-order valence-corrected chi connectivity index (χ1v) is 6.58. The summed E-state index contributed by atoms with van der Waals surface area (Å²) in [4.78, 5) is 4.15. The predicted octanol–water partition coefficient (Wildman–Crippen LogP) is 3.12. The SMILES string of the molecule is Cc1cncc(COc2ccc(Cl)cc2CCN)c1. The Kier molecular flexibility index (Phi) is 4.77. The Morgan fingerprint density at radius 1 is 1.26 bits per heavy atom. The molecule has 0 aliphatic rings. The van der Waals surface area contributed by atoms with E-state index in [1.54, 1.807) is 0 Å². The van der Waals surface area contributed by atoms with Gasteiger partial charge in [-0.1, -0.05) is 11.6 Å². The topological polar surface area (TPSA) is 48.1 Å². The van der Waals surface area contributed by atoms with Crippen molar-refractivity contribution in [3.05, 3.63) is 58.4 Å². The van der Waals surface area contributed by atoms with Crippen molar-refractivity contribution in [1.82, 2.24) is 4.98 Å². The van der Waals surface area contributed by atoms with Crippen LogP contribution in [0.15, 0.2) is 36.7 Å². The van der Waals surface area contributed by atoms with Crippen molar-refractivity contribution in [1.29, 1.82) is 0 Å². The Labute approximate surface area is 118 Å². The molecule has 0 unspecified atom stereocenters. The van der Waals surface area contributed by atoms with E-state index < -0.39 is 0 Å². The Bertz CT molecular complexity index is 558. The van der Waals surface area contributed by atoms with Crippen LogP contribution in [0.25, 0.3) is 0 Å². The van der Waals surface area contributed by atoms with Crippen molar-refractivity contribution in [3.8, 4) is 5.75 Å². The molecule has 3 nitrogen and oxygen atoms in total. The zero-order valence-corrected chi connectivity index (χ0v) is 11.7. The molecule has 0 spiro atoms. The van der Waals surface area contributed by atoms with Crippen molar-refractivity contribution in [2.45, 2.75) is 20.0 Å². The molecule has 1 aromatic carbocycles. The van der Waals surface area contributed by atoms with E-state index in [1.807, 2.05) is 37.5 Å². The Hall–Kier alpha value is -1.58. The number of nitrogens with two attached hydrogens (primary N) is 1. The lowest BCUT2D eigenvalue weighted by Gasteiger charge is -2.11. The fourth-order valence-corrected chi connectivity index (χ4v) is 2.09. The third kappa shape index (κ3) is 3.94. The first-order chi connectivity index (χ1) is 9.19. The maximum Gasteiger partial charge on any atom is 0.123 e. The molecule has 2 rings (SSSR count). The number of hydrogen-bond acceptors (Lipinski definition) is 3. The molecule has 0 aliphatic carbocycles. The molecule has 4 heteroatoms. The molecule has 0 saturated carbocycles. The van der Waals surface area contributed by atoms with Gasteiger partial charge in [-0.3, -0.25) is 4.98 Å². The van der Waals surface area contributed by atoms with Crippen LogP contribution in [0.4, 0.5) is 0 Å². The van der Waals surface area contributed by atoms with Crippen molar-refractivity contribution < 1.29 is 4.74 Å². The minimum atomic E-state index is 0.494. The van der Waals surface area contributed by atoms with E-state index in [4.69, 9.17) is 22.1 Å². The molecule has 0 fully saturated rings. The predicted molar refractivity (Wildman–Crippen MR) is 77.5 cm³/mol. The third-order valence-electron chi connectivity index (χ3n) is 2.76. The molecule has 1 aromatic heterocycles. The largest absolute Gasteiger partial charge is 0.489 e. The average molecular weight is 277 g/mol. The van der Waals surface area contributed by atoms with Crippen LogP contribution >= 0.6 is 11.6 Å². The minimum Gasteiger partial charge on any atom is -0.489 e. The summed E-state index contributed by atoms with van der Waals surface area (Å²) in [6, 6.07) is 7.67. The number of nitrogens with zero attached hydrogens (tertiary/aromatic N) is 1. The number of pyridine rings is 1. The molecule has 1 heterocycles. The molecule has 0 bridgehead atoms. The van der Waals surface area contributed by atoms with Crippen LogP contribution in [0.3, 0.4) is 0 Å². The van der Waals surface area contributed by atoms with Crippen molar-refractivity contribution in [3.63, 3.8) is 0 Å². The van der Waals surface area contributed by atoms with Gasteiger partial charge in [-0.2, -0.15) is 0 Å². The highest BCUT2D eigenvalue weighted by atomic mass is 35.5. The van der Waals surface area contributed by atoms with Crippen molar-refractivity contribution in [2.24, 2.45) is 5.73 Å². The summed E-state index contributed by atoms with van der Waals surface area (Å²) in [5.74, 6) is 0.830. The monoisotopic (exact) mass is 276 g/mol. The van der Waals surface area contributed by atoms with Gasteiger partial charge in [-0.05, 0) is 55.3 Å². The number of aromatic nitrogens is 1. The van der Waals surface area contributed by atoms with Gasteiger partial charge < -0.3 is 10.5 Å². The van der Waals surface area contributed by atoms with Crippen LogP contribution in [0.2, 0.25) is 5.02 Å². The second-order valence-corrected chi connectivity index (χ2v) is 4.89. The Balaban J connectivity index is 2.10. The summed E-state index contributed by atoms with van der Waals surface area (Å²) < 4.78 is 5.83. The number of benzene rings is 1. The normalized spacial score (nSPS) is 10.5.